The van der Waals surface area contributed by atoms with Gasteiger partial charge in [0.15, 0.2) is 5.11 Å². The number of thiocarbonyl (C=S) groups is 1. The zero-order chi connectivity index (χ0) is 19.9. The van der Waals surface area contributed by atoms with E-state index in [4.69, 9.17) is 51.8 Å². The number of hydrogen-bond acceptors (Lipinski definition) is 3. The molecule has 0 bridgehead atoms. The summed E-state index contributed by atoms with van der Waals surface area (Å²) in [5.41, 5.74) is 1.56. The number of anilines is 1. The van der Waals surface area contributed by atoms with Crippen molar-refractivity contribution < 1.29 is 9.53 Å². The fourth-order valence-corrected chi connectivity index (χ4v) is 2.72. The van der Waals surface area contributed by atoms with E-state index in [1.807, 2.05) is 30.3 Å². The lowest BCUT2D eigenvalue weighted by Gasteiger charge is -2.27. The van der Waals surface area contributed by atoms with Crippen molar-refractivity contribution in [3.63, 3.8) is 0 Å². The first kappa shape index (κ1) is 21.6. The molecule has 0 saturated carbocycles. The monoisotopic (exact) mass is 445 g/mol. The molecule has 0 heterocycles. The van der Waals surface area contributed by atoms with Crippen LogP contribution < -0.4 is 20.7 Å². The number of benzene rings is 2. The Labute approximate surface area is 178 Å². The number of nitrogens with one attached hydrogen (secondary N) is 3. The second-order valence-corrected chi connectivity index (χ2v) is 8.31. The molecular formula is C18H18Cl3N3O2S. The molecule has 144 valence electrons. The van der Waals surface area contributed by atoms with E-state index >= 15 is 0 Å². The third kappa shape index (κ3) is 7.42. The van der Waals surface area contributed by atoms with Crippen LogP contribution in [-0.4, -0.2) is 28.1 Å². The highest BCUT2D eigenvalue weighted by Gasteiger charge is 2.34. The molecule has 3 N–H and O–H groups in total. The van der Waals surface area contributed by atoms with Gasteiger partial charge in [0.1, 0.15) is 11.9 Å². The Balaban J connectivity index is 1.96. The van der Waals surface area contributed by atoms with Gasteiger partial charge in [0.2, 0.25) is 9.70 Å². The van der Waals surface area contributed by atoms with Crippen LogP contribution in [0.1, 0.15) is 5.56 Å². The van der Waals surface area contributed by atoms with Gasteiger partial charge in [-0.2, -0.15) is 0 Å². The number of alkyl halides is 3. The van der Waals surface area contributed by atoms with Crippen LogP contribution in [0, 0.1) is 0 Å². The lowest BCUT2D eigenvalue weighted by atomic mass is 10.1. The van der Waals surface area contributed by atoms with Crippen LogP contribution in [0.25, 0.3) is 0 Å². The van der Waals surface area contributed by atoms with Crippen LogP contribution in [0.15, 0.2) is 54.6 Å². The highest BCUT2D eigenvalue weighted by molar-refractivity contribution is 7.80. The van der Waals surface area contributed by atoms with Crippen molar-refractivity contribution in [3.05, 3.63) is 60.2 Å². The van der Waals surface area contributed by atoms with Crippen LogP contribution in [-0.2, 0) is 11.2 Å². The smallest absolute Gasteiger partial charge is 0.228 e. The molecular weight excluding hydrogens is 429 g/mol. The Kier molecular flexibility index (Phi) is 7.98. The molecule has 9 heteroatoms. The fraction of sp³-hybridized carbons (Fsp3) is 0.222. The second kappa shape index (κ2) is 9.99. The summed E-state index contributed by atoms with van der Waals surface area (Å²) in [6, 6.07) is 16.4. The van der Waals surface area contributed by atoms with Crippen molar-refractivity contribution >= 4 is 63.7 Å². The number of hydrogen-bond donors (Lipinski definition) is 3. The fourth-order valence-electron chi connectivity index (χ4n) is 2.16. The van der Waals surface area contributed by atoms with Crippen molar-refractivity contribution in [1.29, 1.82) is 0 Å². The molecule has 27 heavy (non-hydrogen) atoms. The van der Waals surface area contributed by atoms with E-state index in [0.717, 1.165) is 11.3 Å². The molecule has 0 aliphatic rings. The van der Waals surface area contributed by atoms with Crippen molar-refractivity contribution in [1.82, 2.24) is 10.6 Å². The summed E-state index contributed by atoms with van der Waals surface area (Å²) >= 11 is 23.2. The van der Waals surface area contributed by atoms with Gasteiger partial charge in [-0.25, -0.2) is 0 Å². The molecule has 2 rings (SSSR count). The maximum atomic E-state index is 12.3. The minimum Gasteiger partial charge on any atom is -0.497 e. The van der Waals surface area contributed by atoms with E-state index in [2.05, 4.69) is 16.0 Å². The van der Waals surface area contributed by atoms with Crippen molar-refractivity contribution in [2.24, 2.45) is 0 Å². The summed E-state index contributed by atoms with van der Waals surface area (Å²) in [6.45, 7) is 0. The SMILES string of the molecule is COc1ccc(CC(=O)NC(NC(=S)Nc2ccccc2)C(Cl)(Cl)Cl)cc1. The molecule has 2 aromatic rings. The normalized spacial score (nSPS) is 12.0. The van der Waals surface area contributed by atoms with E-state index < -0.39 is 9.96 Å². The molecule has 1 unspecified atom stereocenters. The molecule has 0 saturated heterocycles. The maximum Gasteiger partial charge on any atom is 0.228 e. The van der Waals surface area contributed by atoms with Crippen LogP contribution >= 0.6 is 47.0 Å². The van der Waals surface area contributed by atoms with Gasteiger partial charge in [0.05, 0.1) is 13.5 Å². The molecule has 0 spiro atoms. The molecule has 0 radical (unpaired) electrons. The number of para-hydroxylation sites is 1. The highest BCUT2D eigenvalue weighted by Crippen LogP contribution is 2.29. The second-order valence-electron chi connectivity index (χ2n) is 5.53. The molecule has 1 atom stereocenters. The first-order valence-corrected chi connectivity index (χ1v) is 9.43. The van der Waals surface area contributed by atoms with E-state index in [-0.39, 0.29) is 17.4 Å². The Morgan fingerprint density at radius 2 is 1.70 bits per heavy atom. The van der Waals surface area contributed by atoms with Gasteiger partial charge in [0.25, 0.3) is 0 Å². The van der Waals surface area contributed by atoms with E-state index in [0.29, 0.717) is 5.75 Å². The lowest BCUT2D eigenvalue weighted by molar-refractivity contribution is -0.121. The zero-order valence-electron chi connectivity index (χ0n) is 14.3. The summed E-state index contributed by atoms with van der Waals surface area (Å²) in [7, 11) is 1.57. The lowest BCUT2D eigenvalue weighted by Crippen LogP contribution is -2.56. The van der Waals surface area contributed by atoms with Crippen LogP contribution in [0.5, 0.6) is 5.75 Å². The average molecular weight is 447 g/mol. The molecule has 0 fully saturated rings. The van der Waals surface area contributed by atoms with E-state index in [9.17, 15) is 4.79 Å². The third-order valence-corrected chi connectivity index (χ3v) is 4.34. The number of carbonyl (C=O) groups excluding carboxylic acids is 1. The molecule has 1 amide bonds. The summed E-state index contributed by atoms with van der Waals surface area (Å²) < 4.78 is 3.28. The van der Waals surface area contributed by atoms with E-state index in [1.165, 1.54) is 0 Å². The van der Waals surface area contributed by atoms with E-state index in [1.54, 1.807) is 31.4 Å². The number of halogens is 3. The van der Waals surface area contributed by atoms with Crippen LogP contribution in [0.3, 0.4) is 0 Å². The summed E-state index contributed by atoms with van der Waals surface area (Å²) in [4.78, 5) is 12.3. The minimum absolute atomic E-state index is 0.113. The third-order valence-electron chi connectivity index (χ3n) is 3.46. The summed E-state index contributed by atoms with van der Waals surface area (Å²) in [5.74, 6) is 0.379. The Morgan fingerprint density at radius 3 is 2.26 bits per heavy atom. The first-order chi connectivity index (χ1) is 12.8. The number of carbonyl (C=O) groups is 1. The number of amides is 1. The minimum atomic E-state index is -1.81. The Morgan fingerprint density at radius 1 is 1.07 bits per heavy atom. The molecule has 2 aromatic carbocycles. The van der Waals surface area contributed by atoms with Crippen molar-refractivity contribution in [2.45, 2.75) is 16.4 Å². The maximum absolute atomic E-state index is 12.3. The quantitative estimate of drug-likeness (QED) is 0.355. The summed E-state index contributed by atoms with van der Waals surface area (Å²) in [5, 5.41) is 8.63. The number of ether oxygens (including phenoxy) is 1. The Hall–Kier alpha value is -1.73. The highest BCUT2D eigenvalue weighted by atomic mass is 35.6. The van der Waals surface area contributed by atoms with Gasteiger partial charge in [-0.15, -0.1) is 0 Å². The molecule has 0 aliphatic heterocycles. The molecule has 5 nitrogen and oxygen atoms in total. The van der Waals surface area contributed by atoms with Gasteiger partial charge in [0, 0.05) is 5.69 Å². The Bertz CT molecular complexity index is 768. The van der Waals surface area contributed by atoms with Gasteiger partial charge in [-0.1, -0.05) is 65.1 Å². The van der Waals surface area contributed by atoms with Crippen molar-refractivity contribution in [2.75, 3.05) is 12.4 Å². The molecule has 0 aliphatic carbocycles. The number of rotatable bonds is 6. The van der Waals surface area contributed by atoms with Crippen LogP contribution in [0.2, 0.25) is 0 Å². The average Bonchev–Trinajstić information content (AvgIpc) is 2.62. The predicted octanol–water partition coefficient (Wildman–Crippen LogP) is 4.04. The van der Waals surface area contributed by atoms with Gasteiger partial charge in [-0.3, -0.25) is 4.79 Å². The predicted molar refractivity (Wildman–Crippen MR) is 115 cm³/mol. The van der Waals surface area contributed by atoms with Gasteiger partial charge in [-0.05, 0) is 42.0 Å². The number of methoxy groups -OCH3 is 1. The van der Waals surface area contributed by atoms with Crippen molar-refractivity contribution in [3.8, 4) is 5.75 Å². The molecule has 0 aromatic heterocycles. The zero-order valence-corrected chi connectivity index (χ0v) is 17.4. The first-order valence-electron chi connectivity index (χ1n) is 7.89. The topological polar surface area (TPSA) is 62.4 Å². The van der Waals surface area contributed by atoms with Gasteiger partial charge < -0.3 is 20.7 Å². The summed E-state index contributed by atoms with van der Waals surface area (Å²) in [6.07, 6.45) is -0.904. The van der Waals surface area contributed by atoms with Gasteiger partial charge >= 0.3 is 0 Å². The largest absolute Gasteiger partial charge is 0.497 e. The van der Waals surface area contributed by atoms with Crippen LogP contribution in [0.4, 0.5) is 5.69 Å². The standard InChI is InChI=1S/C18H18Cl3N3O2S/c1-26-14-9-7-12(8-10-14)11-15(25)23-16(18(19,20)21)24-17(27)22-13-5-3-2-4-6-13/h2-10,16H,11H2,1H3,(H,23,25)(H2,22,24,27).